The Hall–Kier alpha value is -1.92. The van der Waals surface area contributed by atoms with Crippen LogP contribution in [0.4, 0.5) is 0 Å². The van der Waals surface area contributed by atoms with Crippen LogP contribution in [0.15, 0.2) is 29.8 Å². The summed E-state index contributed by atoms with van der Waals surface area (Å²) in [4.78, 5) is 17.0. The Balaban J connectivity index is 1.51. The minimum absolute atomic E-state index is 0.0408. The molecule has 1 aromatic carbocycles. The zero-order valence-electron chi connectivity index (χ0n) is 12.7. The summed E-state index contributed by atoms with van der Waals surface area (Å²) in [5.74, 6) is 0.189. The Bertz CT molecular complexity index is 716. The van der Waals surface area contributed by atoms with Crippen molar-refractivity contribution in [3.8, 4) is 16.3 Å². The summed E-state index contributed by atoms with van der Waals surface area (Å²) in [5, 5.41) is 16.2. The summed E-state index contributed by atoms with van der Waals surface area (Å²) < 4.78 is 0. The van der Waals surface area contributed by atoms with E-state index in [0.29, 0.717) is 0 Å². The molecule has 1 atom stereocenters. The number of benzene rings is 1. The van der Waals surface area contributed by atoms with E-state index in [1.165, 1.54) is 11.3 Å². The number of aromatic hydroxyl groups is 1. The third-order valence-corrected chi connectivity index (χ3v) is 5.60. The van der Waals surface area contributed by atoms with Crippen molar-refractivity contribution in [3.05, 3.63) is 35.3 Å². The molecule has 2 aliphatic rings. The van der Waals surface area contributed by atoms with Gasteiger partial charge in [-0.3, -0.25) is 4.79 Å². The highest BCUT2D eigenvalue weighted by atomic mass is 32.1. The van der Waals surface area contributed by atoms with Gasteiger partial charge in [-0.15, -0.1) is 11.3 Å². The van der Waals surface area contributed by atoms with Gasteiger partial charge in [-0.1, -0.05) is 24.3 Å². The maximum absolute atomic E-state index is 12.4. The van der Waals surface area contributed by atoms with E-state index in [1.807, 2.05) is 24.3 Å². The van der Waals surface area contributed by atoms with Crippen molar-refractivity contribution in [2.75, 3.05) is 6.54 Å². The first-order valence-corrected chi connectivity index (χ1v) is 8.85. The molecular weight excluding hydrogens is 310 g/mol. The molecule has 0 bridgehead atoms. The van der Waals surface area contributed by atoms with E-state index in [-0.39, 0.29) is 23.4 Å². The molecule has 0 spiro atoms. The number of rotatable bonds is 4. The van der Waals surface area contributed by atoms with Crippen LogP contribution < -0.4 is 10.6 Å². The molecule has 1 aliphatic carbocycles. The summed E-state index contributed by atoms with van der Waals surface area (Å²) in [7, 11) is 0. The number of thiazole rings is 1. The molecular formula is C17H19N3O2S. The molecule has 2 heterocycles. The van der Waals surface area contributed by atoms with Crippen molar-refractivity contribution >= 4 is 17.2 Å². The molecule has 1 saturated carbocycles. The van der Waals surface area contributed by atoms with Gasteiger partial charge >= 0.3 is 0 Å². The van der Waals surface area contributed by atoms with Crippen molar-refractivity contribution in [1.29, 1.82) is 0 Å². The summed E-state index contributed by atoms with van der Waals surface area (Å²) >= 11 is 1.42. The molecule has 2 fully saturated rings. The lowest BCUT2D eigenvalue weighted by Crippen LogP contribution is -2.45. The van der Waals surface area contributed by atoms with Gasteiger partial charge in [0.1, 0.15) is 0 Å². The second-order valence-corrected chi connectivity index (χ2v) is 7.16. The van der Waals surface area contributed by atoms with E-state index in [2.05, 4.69) is 15.6 Å². The number of nitrogens with one attached hydrogen (secondary N) is 2. The van der Waals surface area contributed by atoms with Gasteiger partial charge in [-0.2, -0.15) is 0 Å². The molecule has 23 heavy (non-hydrogen) atoms. The van der Waals surface area contributed by atoms with Crippen LogP contribution in [0, 0.1) is 0 Å². The molecule has 1 amide bonds. The fraction of sp³-hybridized carbons (Fsp3) is 0.412. The molecule has 1 saturated heterocycles. The highest BCUT2D eigenvalue weighted by molar-refractivity contribution is 7.13. The maximum atomic E-state index is 12.4. The average Bonchev–Trinajstić information content (AvgIpc) is 2.99. The Kier molecular flexibility index (Phi) is 3.58. The Morgan fingerprint density at radius 3 is 2.70 bits per heavy atom. The van der Waals surface area contributed by atoms with Crippen LogP contribution in [0.2, 0.25) is 0 Å². The molecule has 1 aromatic heterocycles. The first kappa shape index (κ1) is 14.7. The van der Waals surface area contributed by atoms with Crippen LogP contribution in [-0.4, -0.2) is 28.6 Å². The van der Waals surface area contributed by atoms with Crippen molar-refractivity contribution in [2.24, 2.45) is 0 Å². The Morgan fingerprint density at radius 2 is 2.13 bits per heavy atom. The van der Waals surface area contributed by atoms with E-state index < -0.39 is 0 Å². The lowest BCUT2D eigenvalue weighted by Gasteiger charge is -2.21. The number of amides is 1. The summed E-state index contributed by atoms with van der Waals surface area (Å²) in [6.07, 6.45) is 3.96. The van der Waals surface area contributed by atoms with E-state index in [1.54, 1.807) is 5.51 Å². The van der Waals surface area contributed by atoms with Gasteiger partial charge in [0, 0.05) is 0 Å². The number of aromatic nitrogens is 1. The zero-order valence-corrected chi connectivity index (χ0v) is 13.5. The fourth-order valence-electron chi connectivity index (χ4n) is 3.22. The zero-order chi connectivity index (χ0) is 15.9. The topological polar surface area (TPSA) is 74.2 Å². The van der Waals surface area contributed by atoms with Gasteiger partial charge in [0.2, 0.25) is 11.8 Å². The van der Waals surface area contributed by atoms with E-state index in [9.17, 15) is 9.90 Å². The van der Waals surface area contributed by atoms with Gasteiger partial charge in [0.25, 0.3) is 0 Å². The highest BCUT2D eigenvalue weighted by Crippen LogP contribution is 2.46. The average molecular weight is 329 g/mol. The quantitative estimate of drug-likeness (QED) is 0.805. The Labute approximate surface area is 138 Å². The molecule has 5 nitrogen and oxygen atoms in total. The van der Waals surface area contributed by atoms with Crippen molar-refractivity contribution < 1.29 is 9.90 Å². The molecule has 0 unspecified atom stereocenters. The van der Waals surface area contributed by atoms with Crippen LogP contribution in [0.5, 0.6) is 5.88 Å². The van der Waals surface area contributed by atoms with Crippen LogP contribution in [-0.2, 0) is 10.3 Å². The van der Waals surface area contributed by atoms with Gasteiger partial charge < -0.3 is 15.7 Å². The second kappa shape index (κ2) is 5.62. The minimum atomic E-state index is -0.199. The molecule has 0 radical (unpaired) electrons. The van der Waals surface area contributed by atoms with E-state index in [4.69, 9.17) is 0 Å². The molecule has 3 N–H and O–H groups in total. The fourth-order valence-corrected chi connectivity index (χ4v) is 3.91. The number of carbonyl (C=O) groups excluding carboxylic acids is 1. The lowest BCUT2D eigenvalue weighted by atomic mass is 10.0. The molecule has 2 aromatic rings. The van der Waals surface area contributed by atoms with Crippen molar-refractivity contribution in [2.45, 2.75) is 37.3 Å². The van der Waals surface area contributed by atoms with E-state index in [0.717, 1.165) is 48.2 Å². The van der Waals surface area contributed by atoms with Gasteiger partial charge in [-0.25, -0.2) is 4.98 Å². The minimum Gasteiger partial charge on any atom is -0.492 e. The van der Waals surface area contributed by atoms with Gasteiger partial charge in [0.15, 0.2) is 0 Å². The molecule has 4 rings (SSSR count). The predicted octanol–water partition coefficient (Wildman–Crippen LogP) is 2.37. The van der Waals surface area contributed by atoms with Crippen molar-refractivity contribution in [3.63, 3.8) is 0 Å². The highest BCUT2D eigenvalue weighted by Gasteiger charge is 2.46. The summed E-state index contributed by atoms with van der Waals surface area (Å²) in [5.41, 5.74) is 3.52. The predicted molar refractivity (Wildman–Crippen MR) is 89.3 cm³/mol. The van der Waals surface area contributed by atoms with Crippen LogP contribution in [0.3, 0.4) is 0 Å². The van der Waals surface area contributed by atoms with Crippen LogP contribution in [0.25, 0.3) is 10.4 Å². The third-order valence-electron chi connectivity index (χ3n) is 4.74. The second-order valence-electron chi connectivity index (χ2n) is 6.30. The number of carbonyl (C=O) groups is 1. The normalized spacial score (nSPS) is 22.0. The van der Waals surface area contributed by atoms with Gasteiger partial charge in [-0.05, 0) is 43.4 Å². The van der Waals surface area contributed by atoms with Crippen LogP contribution >= 0.6 is 11.3 Å². The number of nitrogens with zero attached hydrogens (tertiary/aromatic N) is 1. The number of hydrogen-bond donors (Lipinski definition) is 3. The Morgan fingerprint density at radius 1 is 1.35 bits per heavy atom. The largest absolute Gasteiger partial charge is 0.492 e. The van der Waals surface area contributed by atoms with Crippen LogP contribution in [0.1, 0.15) is 31.2 Å². The first-order chi connectivity index (χ1) is 11.2. The standard InChI is InChI=1S/C17H19N3O2S/c21-15(13-2-1-9-18-13)20-17(7-8-17)12-5-3-11(4-6-12)14-16(22)19-10-23-14/h3-6,10,13,18,22H,1-2,7-9H2,(H,20,21)/t13-/m0/s1. The smallest absolute Gasteiger partial charge is 0.237 e. The first-order valence-electron chi connectivity index (χ1n) is 7.97. The number of hydrogen-bond acceptors (Lipinski definition) is 5. The summed E-state index contributed by atoms with van der Waals surface area (Å²) in [6.45, 7) is 0.929. The van der Waals surface area contributed by atoms with E-state index >= 15 is 0 Å². The summed E-state index contributed by atoms with van der Waals surface area (Å²) in [6, 6.07) is 8.03. The molecule has 120 valence electrons. The maximum Gasteiger partial charge on any atom is 0.237 e. The monoisotopic (exact) mass is 329 g/mol. The SMILES string of the molecule is O=C(NC1(c2ccc(-c3scnc3O)cc2)CC1)[C@@H]1CCCN1. The lowest BCUT2D eigenvalue weighted by molar-refractivity contribution is -0.123. The molecule has 1 aliphatic heterocycles. The molecule has 6 heteroatoms. The van der Waals surface area contributed by atoms with Gasteiger partial charge in [0.05, 0.1) is 22.0 Å². The van der Waals surface area contributed by atoms with Crippen molar-refractivity contribution in [1.82, 2.24) is 15.6 Å². The third kappa shape index (κ3) is 2.72.